The predicted molar refractivity (Wildman–Crippen MR) is 83.1 cm³/mol. The molecule has 0 atom stereocenters. The molecule has 0 unspecified atom stereocenters. The summed E-state index contributed by atoms with van der Waals surface area (Å²) in [6, 6.07) is 9.09. The van der Waals surface area contributed by atoms with Gasteiger partial charge >= 0.3 is 0 Å². The Morgan fingerprint density at radius 1 is 1.20 bits per heavy atom. The molecule has 20 heavy (non-hydrogen) atoms. The van der Waals surface area contributed by atoms with Crippen LogP contribution in [0.1, 0.15) is 11.1 Å². The molecule has 0 aliphatic carbocycles. The molecule has 0 aliphatic heterocycles. The molecule has 2 nitrogen and oxygen atoms in total. The van der Waals surface area contributed by atoms with Crippen LogP contribution in [0.15, 0.2) is 36.4 Å². The van der Waals surface area contributed by atoms with Crippen LogP contribution in [0.5, 0.6) is 5.75 Å². The van der Waals surface area contributed by atoms with Gasteiger partial charge in [-0.05, 0) is 35.9 Å². The molecule has 0 saturated heterocycles. The van der Waals surface area contributed by atoms with Crippen molar-refractivity contribution in [2.45, 2.75) is 6.61 Å². The fourth-order valence-corrected chi connectivity index (χ4v) is 2.30. The second-order valence-electron chi connectivity index (χ2n) is 4.03. The summed E-state index contributed by atoms with van der Waals surface area (Å²) < 4.78 is 18.8. The van der Waals surface area contributed by atoms with Gasteiger partial charge < -0.3 is 10.5 Å². The van der Waals surface area contributed by atoms with Gasteiger partial charge in [0.15, 0.2) is 0 Å². The second-order valence-corrected chi connectivity index (χ2v) is 5.31. The van der Waals surface area contributed by atoms with Crippen LogP contribution in [0.4, 0.5) is 4.39 Å². The van der Waals surface area contributed by atoms with E-state index in [1.807, 2.05) is 0 Å². The molecule has 0 spiro atoms. The maximum Gasteiger partial charge on any atom is 0.138 e. The fourth-order valence-electron chi connectivity index (χ4n) is 1.65. The lowest BCUT2D eigenvalue weighted by atomic mass is 10.1. The van der Waals surface area contributed by atoms with Gasteiger partial charge in [0.2, 0.25) is 0 Å². The van der Waals surface area contributed by atoms with Crippen molar-refractivity contribution in [3.05, 3.63) is 63.4 Å². The topological polar surface area (TPSA) is 35.2 Å². The Labute approximate surface area is 131 Å². The molecule has 0 bridgehead atoms. The average Bonchev–Trinajstić information content (AvgIpc) is 2.38. The highest BCUT2D eigenvalue weighted by atomic mass is 35.5. The van der Waals surface area contributed by atoms with Crippen molar-refractivity contribution < 1.29 is 9.13 Å². The van der Waals surface area contributed by atoms with Crippen LogP contribution in [0.3, 0.4) is 0 Å². The molecule has 0 saturated carbocycles. The fraction of sp³-hybridized carbons (Fsp3) is 0.0714. The molecule has 0 aliphatic rings. The third-order valence-electron chi connectivity index (χ3n) is 2.61. The number of nitrogens with two attached hydrogens (primary N) is 1. The van der Waals surface area contributed by atoms with Crippen molar-refractivity contribution in [2.75, 3.05) is 0 Å². The maximum atomic E-state index is 13.2. The van der Waals surface area contributed by atoms with E-state index in [1.54, 1.807) is 24.3 Å². The molecule has 0 aromatic heterocycles. The van der Waals surface area contributed by atoms with Crippen LogP contribution in [0, 0.1) is 5.82 Å². The van der Waals surface area contributed by atoms with Crippen molar-refractivity contribution in [3.8, 4) is 5.75 Å². The predicted octanol–water partition coefficient (Wildman–Crippen LogP) is 4.35. The van der Waals surface area contributed by atoms with Crippen LogP contribution in [-0.4, -0.2) is 4.99 Å². The van der Waals surface area contributed by atoms with Crippen molar-refractivity contribution in [3.63, 3.8) is 0 Å². The molecule has 2 rings (SSSR count). The smallest absolute Gasteiger partial charge is 0.138 e. The molecule has 0 heterocycles. The Hall–Kier alpha value is -1.36. The zero-order chi connectivity index (χ0) is 14.7. The zero-order valence-corrected chi connectivity index (χ0v) is 12.5. The van der Waals surface area contributed by atoms with Crippen molar-refractivity contribution in [1.29, 1.82) is 0 Å². The first-order valence-electron chi connectivity index (χ1n) is 5.63. The van der Waals surface area contributed by atoms with Gasteiger partial charge in [-0.1, -0.05) is 41.5 Å². The number of hydrogen-bond acceptors (Lipinski definition) is 2. The number of ether oxygens (including phenoxy) is 1. The van der Waals surface area contributed by atoms with E-state index >= 15 is 0 Å². The number of halogens is 3. The summed E-state index contributed by atoms with van der Waals surface area (Å²) in [6.07, 6.45) is 0. The Kier molecular flexibility index (Phi) is 4.81. The molecule has 2 aromatic carbocycles. The molecular formula is C14H10Cl2FNOS. The highest BCUT2D eigenvalue weighted by Gasteiger charge is 2.09. The highest BCUT2D eigenvalue weighted by molar-refractivity contribution is 7.80. The average molecular weight is 330 g/mol. The first kappa shape index (κ1) is 15.0. The van der Waals surface area contributed by atoms with E-state index in [2.05, 4.69) is 0 Å². The number of hydrogen-bond donors (Lipinski definition) is 1. The maximum absolute atomic E-state index is 13.2. The Morgan fingerprint density at radius 2 is 1.95 bits per heavy atom. The Bertz CT molecular complexity index is 664. The standard InChI is InChI=1S/C14H10Cl2FNOS/c15-9-2-4-13(12(16)5-9)19-7-8-1-3-10(17)6-11(8)14(18)20/h1-6H,7H2,(H2,18,20). The van der Waals surface area contributed by atoms with E-state index in [4.69, 9.17) is 45.9 Å². The molecular weight excluding hydrogens is 320 g/mol. The Morgan fingerprint density at radius 3 is 2.60 bits per heavy atom. The third kappa shape index (κ3) is 3.60. The first-order valence-corrected chi connectivity index (χ1v) is 6.80. The molecule has 0 radical (unpaired) electrons. The molecule has 0 fully saturated rings. The minimum atomic E-state index is -0.402. The van der Waals surface area contributed by atoms with E-state index in [-0.39, 0.29) is 11.6 Å². The summed E-state index contributed by atoms with van der Waals surface area (Å²) in [5.74, 6) is 0.0790. The lowest BCUT2D eigenvalue weighted by Crippen LogP contribution is -2.14. The van der Waals surface area contributed by atoms with Crippen molar-refractivity contribution in [2.24, 2.45) is 5.73 Å². The van der Waals surface area contributed by atoms with Crippen LogP contribution in [0.2, 0.25) is 10.0 Å². The van der Waals surface area contributed by atoms with E-state index < -0.39 is 5.82 Å². The summed E-state index contributed by atoms with van der Waals surface area (Å²) in [5.41, 5.74) is 6.70. The van der Waals surface area contributed by atoms with Gasteiger partial charge in [-0.3, -0.25) is 0 Å². The minimum Gasteiger partial charge on any atom is -0.487 e. The summed E-state index contributed by atoms with van der Waals surface area (Å²) in [4.78, 5) is 0.116. The number of rotatable bonds is 4. The highest BCUT2D eigenvalue weighted by Crippen LogP contribution is 2.28. The van der Waals surface area contributed by atoms with E-state index in [0.29, 0.717) is 26.9 Å². The molecule has 2 N–H and O–H groups in total. The van der Waals surface area contributed by atoms with Gasteiger partial charge in [-0.15, -0.1) is 0 Å². The number of benzene rings is 2. The Balaban J connectivity index is 2.20. The first-order chi connectivity index (χ1) is 9.47. The second kappa shape index (κ2) is 6.39. The van der Waals surface area contributed by atoms with Gasteiger partial charge in [-0.25, -0.2) is 4.39 Å². The van der Waals surface area contributed by atoms with Gasteiger partial charge in [0.25, 0.3) is 0 Å². The van der Waals surface area contributed by atoms with E-state index in [0.717, 1.165) is 0 Å². The van der Waals surface area contributed by atoms with Gasteiger partial charge in [0, 0.05) is 10.6 Å². The SMILES string of the molecule is NC(=S)c1cc(F)ccc1COc1ccc(Cl)cc1Cl. The molecule has 104 valence electrons. The minimum absolute atomic E-state index is 0.116. The zero-order valence-electron chi connectivity index (χ0n) is 10.2. The summed E-state index contributed by atoms with van der Waals surface area (Å²) in [7, 11) is 0. The van der Waals surface area contributed by atoms with Crippen LogP contribution >= 0.6 is 35.4 Å². The molecule has 6 heteroatoms. The van der Waals surface area contributed by atoms with E-state index in [9.17, 15) is 4.39 Å². The number of thiocarbonyl (C=S) groups is 1. The van der Waals surface area contributed by atoms with Crippen LogP contribution < -0.4 is 10.5 Å². The monoisotopic (exact) mass is 329 g/mol. The third-order valence-corrected chi connectivity index (χ3v) is 3.36. The summed E-state index contributed by atoms with van der Waals surface area (Å²) in [5, 5.41) is 0.921. The van der Waals surface area contributed by atoms with Gasteiger partial charge in [-0.2, -0.15) is 0 Å². The van der Waals surface area contributed by atoms with Crippen LogP contribution in [-0.2, 0) is 6.61 Å². The lowest BCUT2D eigenvalue weighted by molar-refractivity contribution is 0.306. The summed E-state index contributed by atoms with van der Waals surface area (Å²) >= 11 is 16.7. The largest absolute Gasteiger partial charge is 0.487 e. The van der Waals surface area contributed by atoms with Crippen LogP contribution in [0.25, 0.3) is 0 Å². The van der Waals surface area contributed by atoms with Crippen molar-refractivity contribution >= 4 is 40.4 Å². The van der Waals surface area contributed by atoms with Gasteiger partial charge in [0.05, 0.1) is 5.02 Å². The van der Waals surface area contributed by atoms with Crippen molar-refractivity contribution in [1.82, 2.24) is 0 Å². The lowest BCUT2D eigenvalue weighted by Gasteiger charge is -2.11. The normalized spacial score (nSPS) is 10.3. The quantitative estimate of drug-likeness (QED) is 0.847. The molecule has 0 amide bonds. The van der Waals surface area contributed by atoms with Gasteiger partial charge in [0.1, 0.15) is 23.2 Å². The molecule has 2 aromatic rings. The summed E-state index contributed by atoms with van der Waals surface area (Å²) in [6.45, 7) is 0.175. The van der Waals surface area contributed by atoms with E-state index in [1.165, 1.54) is 12.1 Å².